The van der Waals surface area contributed by atoms with Gasteiger partial charge in [0.25, 0.3) is 0 Å². The van der Waals surface area contributed by atoms with Crippen LogP contribution in [0.25, 0.3) is 0 Å². The molecule has 1 heterocycles. The van der Waals surface area contributed by atoms with Crippen molar-refractivity contribution in [2.24, 2.45) is 0 Å². The van der Waals surface area contributed by atoms with Gasteiger partial charge in [0.05, 0.1) is 6.54 Å². The first-order chi connectivity index (χ1) is 6.27. The van der Waals surface area contributed by atoms with E-state index in [1.165, 1.54) is 4.88 Å². The zero-order chi connectivity index (χ0) is 9.68. The minimum Gasteiger partial charge on any atom is -0.341 e. The molecule has 2 amide bonds. The van der Waals surface area contributed by atoms with E-state index in [1.807, 2.05) is 24.4 Å². The van der Waals surface area contributed by atoms with Gasteiger partial charge < -0.3 is 10.2 Å². The maximum absolute atomic E-state index is 11.3. The molecule has 1 N–H and O–H groups in total. The molecule has 0 unspecified atom stereocenters. The lowest BCUT2D eigenvalue weighted by Crippen LogP contribution is -2.37. The molecule has 1 rings (SSSR count). The van der Waals surface area contributed by atoms with Crippen molar-refractivity contribution < 1.29 is 4.79 Å². The number of hydrogen-bond donors (Lipinski definition) is 1. The van der Waals surface area contributed by atoms with Crippen LogP contribution in [0, 0.1) is 0 Å². The summed E-state index contributed by atoms with van der Waals surface area (Å²) in [7, 11) is 1.65. The molecule has 3 nitrogen and oxygen atoms in total. The Bertz CT molecular complexity index is 259. The van der Waals surface area contributed by atoms with Gasteiger partial charge in [0.1, 0.15) is 0 Å². The third-order valence-electron chi connectivity index (χ3n) is 1.81. The van der Waals surface area contributed by atoms with Crippen LogP contribution in [0.15, 0.2) is 17.5 Å². The summed E-state index contributed by atoms with van der Waals surface area (Å²) >= 11 is 1.67. The smallest absolute Gasteiger partial charge is 0.317 e. The summed E-state index contributed by atoms with van der Waals surface area (Å²) in [5.74, 6) is 0. The van der Waals surface area contributed by atoms with Crippen LogP contribution in [-0.4, -0.2) is 24.5 Å². The molecule has 0 saturated carbocycles. The summed E-state index contributed by atoms with van der Waals surface area (Å²) in [6.45, 7) is 3.41. The van der Waals surface area contributed by atoms with Gasteiger partial charge in [-0.1, -0.05) is 6.07 Å². The highest BCUT2D eigenvalue weighted by Gasteiger charge is 2.09. The minimum absolute atomic E-state index is 0.0177. The van der Waals surface area contributed by atoms with Crippen LogP contribution in [0.3, 0.4) is 0 Å². The summed E-state index contributed by atoms with van der Waals surface area (Å²) in [4.78, 5) is 14.3. The number of carbonyl (C=O) groups is 1. The van der Waals surface area contributed by atoms with Gasteiger partial charge in [-0.15, -0.1) is 11.3 Å². The van der Waals surface area contributed by atoms with Crippen molar-refractivity contribution in [3.63, 3.8) is 0 Å². The topological polar surface area (TPSA) is 32.3 Å². The van der Waals surface area contributed by atoms with Gasteiger partial charge in [-0.25, -0.2) is 4.79 Å². The molecular formula is C9H14N2OS. The molecule has 0 saturated heterocycles. The average molecular weight is 198 g/mol. The summed E-state index contributed by atoms with van der Waals surface area (Å²) in [5, 5.41) is 4.64. The van der Waals surface area contributed by atoms with Crippen molar-refractivity contribution in [1.29, 1.82) is 0 Å². The van der Waals surface area contributed by atoms with Gasteiger partial charge in [-0.3, -0.25) is 0 Å². The van der Waals surface area contributed by atoms with Gasteiger partial charge in [0, 0.05) is 18.5 Å². The van der Waals surface area contributed by atoms with E-state index in [4.69, 9.17) is 0 Å². The summed E-state index contributed by atoms with van der Waals surface area (Å²) in [6, 6.07) is 4.02. The van der Waals surface area contributed by atoms with E-state index >= 15 is 0 Å². The molecule has 0 aromatic carbocycles. The van der Waals surface area contributed by atoms with Crippen molar-refractivity contribution in [3.05, 3.63) is 22.4 Å². The van der Waals surface area contributed by atoms with E-state index in [2.05, 4.69) is 5.32 Å². The van der Waals surface area contributed by atoms with Crippen molar-refractivity contribution in [1.82, 2.24) is 10.2 Å². The molecule has 0 aliphatic rings. The minimum atomic E-state index is -0.0177. The lowest BCUT2D eigenvalue weighted by Gasteiger charge is -2.19. The fraction of sp³-hybridized carbons (Fsp3) is 0.444. The van der Waals surface area contributed by atoms with E-state index < -0.39 is 0 Å². The zero-order valence-electron chi connectivity index (χ0n) is 7.91. The van der Waals surface area contributed by atoms with Crippen LogP contribution in [0.4, 0.5) is 4.79 Å². The second-order valence-corrected chi connectivity index (χ2v) is 3.68. The van der Waals surface area contributed by atoms with E-state index in [9.17, 15) is 4.79 Å². The number of thiophene rings is 1. The van der Waals surface area contributed by atoms with Crippen LogP contribution in [0.5, 0.6) is 0 Å². The number of nitrogens with one attached hydrogen (secondary N) is 1. The van der Waals surface area contributed by atoms with Crippen LogP contribution >= 0.6 is 11.3 Å². The van der Waals surface area contributed by atoms with Crippen molar-refractivity contribution >= 4 is 17.4 Å². The summed E-state index contributed by atoms with van der Waals surface area (Å²) in [5.41, 5.74) is 0. The van der Waals surface area contributed by atoms with Crippen molar-refractivity contribution in [3.8, 4) is 0 Å². The first-order valence-corrected chi connectivity index (χ1v) is 5.15. The SMILES string of the molecule is CCN(Cc1cccs1)C(=O)NC. The Hall–Kier alpha value is -1.03. The normalized spacial score (nSPS) is 9.69. The predicted molar refractivity (Wildman–Crippen MR) is 54.9 cm³/mol. The molecule has 0 atom stereocenters. The van der Waals surface area contributed by atoms with Crippen LogP contribution in [0.2, 0.25) is 0 Å². The Morgan fingerprint density at radius 1 is 1.69 bits per heavy atom. The molecule has 0 fully saturated rings. The van der Waals surface area contributed by atoms with Crippen molar-refractivity contribution in [2.75, 3.05) is 13.6 Å². The van der Waals surface area contributed by atoms with Gasteiger partial charge in [-0.05, 0) is 18.4 Å². The van der Waals surface area contributed by atoms with Crippen molar-refractivity contribution in [2.45, 2.75) is 13.5 Å². The van der Waals surface area contributed by atoms with E-state index in [-0.39, 0.29) is 6.03 Å². The fourth-order valence-electron chi connectivity index (χ4n) is 1.08. The molecule has 0 bridgehead atoms. The fourth-order valence-corrected chi connectivity index (χ4v) is 1.80. The van der Waals surface area contributed by atoms with Crippen LogP contribution in [-0.2, 0) is 6.54 Å². The highest BCUT2D eigenvalue weighted by atomic mass is 32.1. The first-order valence-electron chi connectivity index (χ1n) is 4.27. The summed E-state index contributed by atoms with van der Waals surface area (Å²) < 4.78 is 0. The standard InChI is InChI=1S/C9H14N2OS/c1-3-11(9(12)10-2)7-8-5-4-6-13-8/h4-6H,3,7H2,1-2H3,(H,10,12). The lowest BCUT2D eigenvalue weighted by atomic mass is 10.4. The Labute approximate surface area is 82.4 Å². The third kappa shape index (κ3) is 2.73. The number of hydrogen-bond acceptors (Lipinski definition) is 2. The molecular weight excluding hydrogens is 184 g/mol. The molecule has 0 aliphatic carbocycles. The first kappa shape index (κ1) is 10.1. The van der Waals surface area contributed by atoms with Gasteiger partial charge >= 0.3 is 6.03 Å². The summed E-state index contributed by atoms with van der Waals surface area (Å²) in [6.07, 6.45) is 0. The molecule has 72 valence electrons. The van der Waals surface area contributed by atoms with Crippen LogP contribution in [0.1, 0.15) is 11.8 Å². The van der Waals surface area contributed by atoms with Crippen LogP contribution < -0.4 is 5.32 Å². The highest BCUT2D eigenvalue weighted by molar-refractivity contribution is 7.09. The number of urea groups is 1. The number of rotatable bonds is 3. The zero-order valence-corrected chi connectivity index (χ0v) is 8.73. The highest BCUT2D eigenvalue weighted by Crippen LogP contribution is 2.11. The third-order valence-corrected chi connectivity index (χ3v) is 2.67. The Morgan fingerprint density at radius 2 is 2.46 bits per heavy atom. The molecule has 0 spiro atoms. The van der Waals surface area contributed by atoms with E-state index in [0.29, 0.717) is 6.54 Å². The second-order valence-electron chi connectivity index (χ2n) is 2.65. The lowest BCUT2D eigenvalue weighted by molar-refractivity contribution is 0.201. The molecule has 0 radical (unpaired) electrons. The monoisotopic (exact) mass is 198 g/mol. The van der Waals surface area contributed by atoms with Gasteiger partial charge in [0.15, 0.2) is 0 Å². The Morgan fingerprint density at radius 3 is 2.92 bits per heavy atom. The van der Waals surface area contributed by atoms with Gasteiger partial charge in [-0.2, -0.15) is 0 Å². The molecule has 4 heteroatoms. The molecule has 1 aromatic heterocycles. The quantitative estimate of drug-likeness (QED) is 0.790. The Kier molecular flexibility index (Phi) is 3.76. The second kappa shape index (κ2) is 4.87. The number of nitrogens with zero attached hydrogens (tertiary/aromatic N) is 1. The predicted octanol–water partition coefficient (Wildman–Crippen LogP) is 1.91. The number of amides is 2. The maximum Gasteiger partial charge on any atom is 0.317 e. The van der Waals surface area contributed by atoms with E-state index in [0.717, 1.165) is 6.54 Å². The van der Waals surface area contributed by atoms with Gasteiger partial charge in [0.2, 0.25) is 0 Å². The largest absolute Gasteiger partial charge is 0.341 e. The molecule has 1 aromatic rings. The maximum atomic E-state index is 11.3. The molecule has 0 aliphatic heterocycles. The number of carbonyl (C=O) groups excluding carboxylic acids is 1. The molecule has 13 heavy (non-hydrogen) atoms. The Balaban J connectivity index is 2.54. The van der Waals surface area contributed by atoms with E-state index in [1.54, 1.807) is 23.3 Å². The average Bonchev–Trinajstić information content (AvgIpc) is 2.65.